The van der Waals surface area contributed by atoms with E-state index in [1.807, 2.05) is 6.92 Å². The SMILES string of the molecule is COc1cc(C2/C(=C(\O)c3cccc([N+](=O)[O-])c3)C(=O)C(=O)N2c2ccc(C)cc2)cc(OC)c1OC. The topological polar surface area (TPSA) is 128 Å². The van der Waals surface area contributed by atoms with E-state index in [2.05, 4.69) is 0 Å². The second kappa shape index (κ2) is 10.0. The Morgan fingerprint density at radius 1 is 0.946 bits per heavy atom. The van der Waals surface area contributed by atoms with Crippen molar-refractivity contribution >= 4 is 28.8 Å². The Labute approximate surface area is 212 Å². The molecule has 37 heavy (non-hydrogen) atoms. The van der Waals surface area contributed by atoms with Gasteiger partial charge in [0, 0.05) is 23.4 Å². The average Bonchev–Trinajstić information content (AvgIpc) is 3.17. The van der Waals surface area contributed by atoms with Crippen molar-refractivity contribution in [1.82, 2.24) is 0 Å². The number of Topliss-reactive ketones (excluding diaryl/α,β-unsaturated/α-hetero) is 1. The number of aliphatic hydroxyl groups excluding tert-OH is 1. The highest BCUT2D eigenvalue weighted by Crippen LogP contribution is 2.47. The van der Waals surface area contributed by atoms with Crippen LogP contribution >= 0.6 is 0 Å². The molecule has 3 aromatic rings. The highest BCUT2D eigenvalue weighted by molar-refractivity contribution is 6.51. The fourth-order valence-corrected chi connectivity index (χ4v) is 4.30. The van der Waals surface area contributed by atoms with Gasteiger partial charge in [-0.2, -0.15) is 0 Å². The van der Waals surface area contributed by atoms with E-state index in [1.165, 1.54) is 44.4 Å². The minimum atomic E-state index is -1.10. The number of methoxy groups -OCH3 is 3. The third-order valence-corrected chi connectivity index (χ3v) is 6.09. The van der Waals surface area contributed by atoms with Gasteiger partial charge in [0.05, 0.1) is 37.9 Å². The Hall–Kier alpha value is -4.86. The quantitative estimate of drug-likeness (QED) is 0.163. The number of hydrogen-bond acceptors (Lipinski definition) is 8. The number of aryl methyl sites for hydroxylation is 1. The summed E-state index contributed by atoms with van der Waals surface area (Å²) in [6.07, 6.45) is 0. The summed E-state index contributed by atoms with van der Waals surface area (Å²) in [5.74, 6) is -1.49. The molecular weight excluding hydrogens is 480 g/mol. The Balaban J connectivity index is 2.02. The van der Waals surface area contributed by atoms with E-state index in [9.17, 15) is 24.8 Å². The van der Waals surface area contributed by atoms with Gasteiger partial charge in [0.25, 0.3) is 17.4 Å². The van der Waals surface area contributed by atoms with Gasteiger partial charge in [-0.1, -0.05) is 29.8 Å². The number of carbonyl (C=O) groups excluding carboxylic acids is 2. The van der Waals surface area contributed by atoms with Gasteiger partial charge in [0.2, 0.25) is 5.75 Å². The summed E-state index contributed by atoms with van der Waals surface area (Å²) in [6.45, 7) is 1.89. The zero-order valence-corrected chi connectivity index (χ0v) is 20.6. The van der Waals surface area contributed by atoms with Crippen molar-refractivity contribution < 1.29 is 33.8 Å². The van der Waals surface area contributed by atoms with Gasteiger partial charge < -0.3 is 19.3 Å². The molecule has 10 heteroatoms. The van der Waals surface area contributed by atoms with Gasteiger partial charge in [-0.15, -0.1) is 0 Å². The van der Waals surface area contributed by atoms with Gasteiger partial charge in [0.1, 0.15) is 5.76 Å². The van der Waals surface area contributed by atoms with Crippen LogP contribution in [0.1, 0.15) is 22.7 Å². The number of benzene rings is 3. The number of nitro benzene ring substituents is 1. The van der Waals surface area contributed by atoms with Crippen LogP contribution in [0.5, 0.6) is 17.2 Å². The molecule has 1 amide bonds. The van der Waals surface area contributed by atoms with Crippen molar-refractivity contribution in [3.05, 3.63) is 93.0 Å². The molecule has 1 atom stereocenters. The molecule has 1 fully saturated rings. The van der Waals surface area contributed by atoms with Crippen LogP contribution in [0.25, 0.3) is 5.76 Å². The maximum Gasteiger partial charge on any atom is 0.300 e. The van der Waals surface area contributed by atoms with Crippen LogP contribution in [-0.4, -0.2) is 43.0 Å². The molecule has 0 aromatic heterocycles. The smallest absolute Gasteiger partial charge is 0.300 e. The summed E-state index contributed by atoms with van der Waals surface area (Å²) in [5.41, 5.74) is 1.27. The molecule has 1 aliphatic heterocycles. The molecule has 0 bridgehead atoms. The number of rotatable bonds is 7. The normalized spacial score (nSPS) is 16.5. The number of hydrogen-bond donors (Lipinski definition) is 1. The lowest BCUT2D eigenvalue weighted by Crippen LogP contribution is -2.29. The minimum absolute atomic E-state index is 0.0218. The Morgan fingerprint density at radius 3 is 2.11 bits per heavy atom. The van der Waals surface area contributed by atoms with Crippen molar-refractivity contribution in [1.29, 1.82) is 0 Å². The molecule has 1 saturated heterocycles. The van der Waals surface area contributed by atoms with Crippen LogP contribution in [0, 0.1) is 17.0 Å². The van der Waals surface area contributed by atoms with Crippen molar-refractivity contribution in [2.45, 2.75) is 13.0 Å². The highest BCUT2D eigenvalue weighted by atomic mass is 16.6. The van der Waals surface area contributed by atoms with Crippen LogP contribution in [0.3, 0.4) is 0 Å². The molecule has 1 aliphatic rings. The Morgan fingerprint density at radius 2 is 1.57 bits per heavy atom. The number of non-ortho nitro benzene ring substituents is 1. The van der Waals surface area contributed by atoms with E-state index in [1.54, 1.807) is 36.4 Å². The van der Waals surface area contributed by atoms with Gasteiger partial charge in [-0.05, 0) is 36.8 Å². The molecular formula is C27H24N2O8. The molecule has 1 N–H and O–H groups in total. The van der Waals surface area contributed by atoms with Crippen molar-refractivity contribution in [3.8, 4) is 17.2 Å². The monoisotopic (exact) mass is 504 g/mol. The largest absolute Gasteiger partial charge is 0.507 e. The Kier molecular flexibility index (Phi) is 6.83. The predicted molar refractivity (Wildman–Crippen MR) is 135 cm³/mol. The first-order valence-electron chi connectivity index (χ1n) is 11.1. The number of aliphatic hydroxyl groups is 1. The fourth-order valence-electron chi connectivity index (χ4n) is 4.30. The Bertz CT molecular complexity index is 1400. The van der Waals surface area contributed by atoms with Crippen LogP contribution in [0.15, 0.2) is 66.2 Å². The molecule has 3 aromatic carbocycles. The van der Waals surface area contributed by atoms with E-state index in [0.29, 0.717) is 17.0 Å². The first-order chi connectivity index (χ1) is 17.7. The summed E-state index contributed by atoms with van der Waals surface area (Å²) >= 11 is 0. The zero-order chi connectivity index (χ0) is 26.9. The minimum Gasteiger partial charge on any atom is -0.507 e. The van der Waals surface area contributed by atoms with E-state index in [0.717, 1.165) is 11.6 Å². The molecule has 0 saturated carbocycles. The molecule has 0 spiro atoms. The number of anilines is 1. The number of nitrogens with zero attached hydrogens (tertiary/aromatic N) is 2. The predicted octanol–water partition coefficient (Wildman–Crippen LogP) is 4.56. The van der Waals surface area contributed by atoms with E-state index in [-0.39, 0.29) is 28.3 Å². The van der Waals surface area contributed by atoms with Crippen molar-refractivity contribution in [2.75, 3.05) is 26.2 Å². The van der Waals surface area contributed by atoms with Gasteiger partial charge in [0.15, 0.2) is 11.5 Å². The number of amides is 1. The summed E-state index contributed by atoms with van der Waals surface area (Å²) in [7, 11) is 4.31. The van der Waals surface area contributed by atoms with Crippen LogP contribution in [-0.2, 0) is 9.59 Å². The van der Waals surface area contributed by atoms with Gasteiger partial charge >= 0.3 is 0 Å². The molecule has 1 heterocycles. The molecule has 0 aliphatic carbocycles. The number of nitro groups is 1. The maximum absolute atomic E-state index is 13.4. The third-order valence-electron chi connectivity index (χ3n) is 6.09. The van der Waals surface area contributed by atoms with Crippen molar-refractivity contribution in [3.63, 3.8) is 0 Å². The zero-order valence-electron chi connectivity index (χ0n) is 20.6. The summed E-state index contributed by atoms with van der Waals surface area (Å²) in [4.78, 5) is 38.7. The molecule has 1 unspecified atom stereocenters. The van der Waals surface area contributed by atoms with E-state index >= 15 is 0 Å². The summed E-state index contributed by atoms with van der Waals surface area (Å²) in [5, 5.41) is 22.6. The second-order valence-electron chi connectivity index (χ2n) is 8.27. The van der Waals surface area contributed by atoms with Crippen molar-refractivity contribution in [2.24, 2.45) is 0 Å². The number of ketones is 1. The molecule has 10 nitrogen and oxygen atoms in total. The lowest BCUT2D eigenvalue weighted by Gasteiger charge is -2.26. The third kappa shape index (κ3) is 4.44. The first-order valence-corrected chi connectivity index (χ1v) is 11.1. The maximum atomic E-state index is 13.4. The fraction of sp³-hybridized carbons (Fsp3) is 0.185. The lowest BCUT2D eigenvalue weighted by atomic mass is 9.94. The number of ether oxygens (including phenoxy) is 3. The second-order valence-corrected chi connectivity index (χ2v) is 8.27. The van der Waals surface area contributed by atoms with Crippen LogP contribution in [0.4, 0.5) is 11.4 Å². The van der Waals surface area contributed by atoms with Crippen LogP contribution in [0.2, 0.25) is 0 Å². The standard InChI is InChI=1S/C27H24N2O8/c1-15-8-10-18(11-9-15)28-23(17-13-20(35-2)26(37-4)21(14-17)36-3)22(25(31)27(28)32)24(30)16-6-5-7-19(12-16)29(33)34/h5-14,23,30H,1-4H3/b24-22+. The summed E-state index contributed by atoms with van der Waals surface area (Å²) in [6, 6.07) is 14.3. The molecule has 4 rings (SSSR count). The number of carbonyl (C=O) groups is 2. The molecule has 190 valence electrons. The first kappa shape index (κ1) is 25.2. The molecule has 0 radical (unpaired) electrons. The van der Waals surface area contributed by atoms with Gasteiger partial charge in [-0.3, -0.25) is 24.6 Å². The van der Waals surface area contributed by atoms with Crippen LogP contribution < -0.4 is 19.1 Å². The summed E-state index contributed by atoms with van der Waals surface area (Å²) < 4.78 is 16.3. The average molecular weight is 504 g/mol. The van der Waals surface area contributed by atoms with E-state index < -0.39 is 28.4 Å². The highest BCUT2D eigenvalue weighted by Gasteiger charge is 2.47. The lowest BCUT2D eigenvalue weighted by molar-refractivity contribution is -0.384. The van der Waals surface area contributed by atoms with E-state index in [4.69, 9.17) is 14.2 Å². The van der Waals surface area contributed by atoms with Gasteiger partial charge in [-0.25, -0.2) is 0 Å².